The third-order valence-electron chi connectivity index (χ3n) is 0. The molecule has 0 rings (SSSR count). The molecule has 0 aliphatic rings. The van der Waals surface area contributed by atoms with E-state index in [-0.39, 0.29) is 60.6 Å². The summed E-state index contributed by atoms with van der Waals surface area (Å²) in [6, 6.07) is 0. The van der Waals surface area contributed by atoms with E-state index >= 15 is 0 Å². The van der Waals surface area contributed by atoms with Gasteiger partial charge in [0.1, 0.15) is 0 Å². The van der Waals surface area contributed by atoms with Gasteiger partial charge in [-0.3, -0.25) is 0 Å². The van der Waals surface area contributed by atoms with Crippen molar-refractivity contribution in [3.8, 4) is 0 Å². The first-order chi connectivity index (χ1) is 1.00. The standard InChI is InChI=1S/Al.Mg.Ni.O.W.3H. The van der Waals surface area contributed by atoms with Crippen molar-refractivity contribution in [3.05, 3.63) is 0 Å². The third kappa shape index (κ3) is 22.1. The quantitative estimate of drug-likeness (QED) is 0.488. The Balaban J connectivity index is -0.00000000167. The smallest absolute Gasteiger partial charge is 0 e. The number of hydrogen-bond donors (Lipinski definition) is 0. The molecular weight excluding hydrogens is 310 g/mol. The maximum atomic E-state index is 8.28. The van der Waals surface area contributed by atoms with E-state index in [1.54, 1.807) is 0 Å². The Hall–Kier alpha value is 2.28. The minimum atomic E-state index is 0. The van der Waals surface area contributed by atoms with Gasteiger partial charge in [-0.25, -0.2) is 0 Å². The molecule has 5 heteroatoms. The molecule has 0 aromatic carbocycles. The maximum absolute atomic E-state index is 8.28. The van der Waals surface area contributed by atoms with E-state index in [2.05, 4.69) is 0 Å². The maximum Gasteiger partial charge on any atom is 0 e. The van der Waals surface area contributed by atoms with Crippen molar-refractivity contribution in [1.29, 1.82) is 0 Å². The zero-order chi connectivity index (χ0) is 2.00. The predicted octanol–water partition coefficient (Wildman–Crippen LogP) is -1.69. The van der Waals surface area contributed by atoms with Crippen LogP contribution in [0, 0.1) is 0 Å². The van der Waals surface area contributed by atoms with Crippen LogP contribution in [0.15, 0.2) is 0 Å². The van der Waals surface area contributed by atoms with E-state index in [9.17, 15) is 0 Å². The fourth-order valence-corrected chi connectivity index (χ4v) is 0. The minimum Gasteiger partial charge on any atom is 0 e. The molecule has 0 bridgehead atoms. The second-order valence-corrected chi connectivity index (χ2v) is 0. The fraction of sp³-hybridized carbons (Fsp3) is 0. The van der Waals surface area contributed by atoms with Gasteiger partial charge in [0.2, 0.25) is 0 Å². The molecule has 0 amide bonds. The summed E-state index contributed by atoms with van der Waals surface area (Å²) >= 11 is 0.611. The zero-order valence-electron chi connectivity index (χ0n) is 1.84. The second kappa shape index (κ2) is 33.7. The van der Waals surface area contributed by atoms with E-state index in [0.717, 1.165) is 0 Å². The van der Waals surface area contributed by atoms with E-state index in [1.807, 2.05) is 0 Å². The normalized spacial score (nSPS) is 0.600. The Morgan fingerprint density at radius 1 is 1.20 bits per heavy atom. The van der Waals surface area contributed by atoms with Crippen molar-refractivity contribution in [3.63, 3.8) is 0 Å². The van der Waals surface area contributed by atoms with Gasteiger partial charge >= 0.3 is 43.1 Å². The van der Waals surface area contributed by atoms with Crippen LogP contribution in [0.25, 0.3) is 0 Å². The van der Waals surface area contributed by atoms with Crippen LogP contribution in [0.4, 0.5) is 0 Å². The van der Waals surface area contributed by atoms with E-state index in [1.165, 1.54) is 0 Å². The SMILES string of the molecule is [MgH2].[Ni].[O]=[AlH].[W]. The molecule has 0 spiro atoms. The van der Waals surface area contributed by atoms with Crippen LogP contribution < -0.4 is 0 Å². The van der Waals surface area contributed by atoms with Crippen molar-refractivity contribution in [1.82, 2.24) is 0 Å². The van der Waals surface area contributed by atoms with Gasteiger partial charge in [-0.15, -0.1) is 0 Å². The summed E-state index contributed by atoms with van der Waals surface area (Å²) in [5.74, 6) is 0. The number of rotatable bonds is 0. The number of hydrogen-bond acceptors (Lipinski definition) is 1. The molecule has 0 heterocycles. The molecule has 0 aromatic heterocycles. The van der Waals surface area contributed by atoms with Gasteiger partial charge in [-0.1, -0.05) is 0 Å². The summed E-state index contributed by atoms with van der Waals surface area (Å²) in [6.45, 7) is 0. The van der Waals surface area contributed by atoms with Crippen molar-refractivity contribution in [2.75, 3.05) is 0 Å². The fourth-order valence-electron chi connectivity index (χ4n) is 0. The van der Waals surface area contributed by atoms with Crippen LogP contribution in [0.5, 0.6) is 0 Å². The van der Waals surface area contributed by atoms with Gasteiger partial charge in [0, 0.05) is 37.6 Å². The molecule has 0 aliphatic carbocycles. The van der Waals surface area contributed by atoms with Gasteiger partial charge < -0.3 is 0 Å². The molecule has 1 nitrogen and oxygen atoms in total. The van der Waals surface area contributed by atoms with E-state index in [0.29, 0.717) is 16.2 Å². The molecule has 0 fully saturated rings. The first-order valence-electron chi connectivity index (χ1n) is 0.289. The Kier molecular flexibility index (Phi) is 180. The van der Waals surface area contributed by atoms with Gasteiger partial charge in [-0.2, -0.15) is 0 Å². The summed E-state index contributed by atoms with van der Waals surface area (Å²) < 4.78 is 8.28. The molecular formula is H3AlMgNiOW. The van der Waals surface area contributed by atoms with Crippen LogP contribution in [-0.2, 0) is 41.4 Å². The molecule has 0 unspecified atom stereocenters. The van der Waals surface area contributed by atoms with Gasteiger partial charge in [0.25, 0.3) is 0 Å². The molecule has 0 atom stereocenters. The predicted molar refractivity (Wildman–Crippen MR) is 16.4 cm³/mol. The van der Waals surface area contributed by atoms with Crippen molar-refractivity contribution >= 4 is 39.3 Å². The summed E-state index contributed by atoms with van der Waals surface area (Å²) in [6.07, 6.45) is 0. The Labute approximate surface area is 79.6 Å². The zero-order valence-corrected chi connectivity index (χ0v) is 7.18. The molecule has 0 aliphatic heterocycles. The topological polar surface area (TPSA) is 17.1 Å². The molecule has 30 valence electrons. The van der Waals surface area contributed by atoms with Crippen LogP contribution in [0.2, 0.25) is 0 Å². The first kappa shape index (κ1) is 26.7. The van der Waals surface area contributed by atoms with Crippen LogP contribution >= 0.6 is 0 Å². The average Bonchev–Trinajstić information content (AvgIpc) is 1.00. The van der Waals surface area contributed by atoms with E-state index in [4.69, 9.17) is 3.80 Å². The Morgan fingerprint density at radius 3 is 1.20 bits per heavy atom. The van der Waals surface area contributed by atoms with Gasteiger partial charge in [0.05, 0.1) is 0 Å². The van der Waals surface area contributed by atoms with Crippen LogP contribution in [0.1, 0.15) is 0 Å². The van der Waals surface area contributed by atoms with Crippen molar-refractivity contribution < 1.29 is 41.4 Å². The molecule has 0 saturated carbocycles. The van der Waals surface area contributed by atoms with Crippen LogP contribution in [0.3, 0.4) is 0 Å². The Bertz CT molecular complexity index is 11.6. The van der Waals surface area contributed by atoms with Crippen molar-refractivity contribution in [2.24, 2.45) is 0 Å². The third-order valence-corrected chi connectivity index (χ3v) is 0. The van der Waals surface area contributed by atoms with Crippen molar-refractivity contribution in [2.45, 2.75) is 0 Å². The molecule has 0 N–H and O–H groups in total. The largest absolute Gasteiger partial charge is 0 e. The summed E-state index contributed by atoms with van der Waals surface area (Å²) in [7, 11) is 0. The molecule has 0 aromatic rings. The second-order valence-electron chi connectivity index (χ2n) is 0. The summed E-state index contributed by atoms with van der Waals surface area (Å²) in [4.78, 5) is 0. The summed E-state index contributed by atoms with van der Waals surface area (Å²) in [5, 5.41) is 0. The Morgan fingerprint density at radius 2 is 1.20 bits per heavy atom. The molecule has 0 saturated heterocycles. The summed E-state index contributed by atoms with van der Waals surface area (Å²) in [5.41, 5.74) is 0. The first-order valence-corrected chi connectivity index (χ1v) is 0.866. The van der Waals surface area contributed by atoms with Gasteiger partial charge in [0.15, 0.2) is 0 Å². The average molecular weight is 313 g/mol. The monoisotopic (exact) mass is 312 g/mol. The van der Waals surface area contributed by atoms with E-state index < -0.39 is 0 Å². The molecule has 0 radical (unpaired) electrons. The molecule has 5 heavy (non-hydrogen) atoms. The van der Waals surface area contributed by atoms with Gasteiger partial charge in [-0.05, 0) is 0 Å². The minimum absolute atomic E-state index is 0. The van der Waals surface area contributed by atoms with Crippen LogP contribution in [-0.4, -0.2) is 39.3 Å².